The molecule has 2 unspecified atom stereocenters. The lowest BCUT2D eigenvalue weighted by atomic mass is 9.96. The molecule has 1 aromatic carbocycles. The number of likely N-dealkylation sites (N-methyl/N-ethyl adjacent to an activating group) is 1. The summed E-state index contributed by atoms with van der Waals surface area (Å²) in [6.45, 7) is 8.35. The normalized spacial score (nSPS) is 21.4. The summed E-state index contributed by atoms with van der Waals surface area (Å²) in [5.41, 5.74) is 2.80. The predicted octanol–water partition coefficient (Wildman–Crippen LogP) is 3.01. The second-order valence-electron chi connectivity index (χ2n) is 6.10. The van der Waals surface area contributed by atoms with Gasteiger partial charge in [-0.3, -0.25) is 0 Å². The number of morpholine rings is 1. The van der Waals surface area contributed by atoms with Crippen molar-refractivity contribution in [2.75, 3.05) is 33.3 Å². The minimum Gasteiger partial charge on any atom is -0.374 e. The highest BCUT2D eigenvalue weighted by molar-refractivity contribution is 5.27. The van der Waals surface area contributed by atoms with Gasteiger partial charge in [-0.25, -0.2) is 0 Å². The molecule has 0 saturated carbocycles. The van der Waals surface area contributed by atoms with E-state index in [1.165, 1.54) is 17.5 Å². The molecule has 1 heterocycles. The summed E-state index contributed by atoms with van der Waals surface area (Å²) in [6, 6.07) is 9.31. The van der Waals surface area contributed by atoms with E-state index in [-0.39, 0.29) is 6.10 Å². The van der Waals surface area contributed by atoms with E-state index >= 15 is 0 Å². The summed E-state index contributed by atoms with van der Waals surface area (Å²) < 4.78 is 6.06. The zero-order valence-electron chi connectivity index (χ0n) is 13.8. The number of hydrogen-bond donors (Lipinski definition) is 1. The number of aryl methyl sites for hydroxylation is 1. The van der Waals surface area contributed by atoms with Gasteiger partial charge in [-0.1, -0.05) is 44.5 Å². The highest BCUT2D eigenvalue weighted by atomic mass is 16.5. The average Bonchev–Trinajstić information content (AvgIpc) is 2.49. The topological polar surface area (TPSA) is 24.5 Å². The Bertz CT molecular complexity index is 421. The van der Waals surface area contributed by atoms with E-state index in [0.717, 1.165) is 39.1 Å². The van der Waals surface area contributed by atoms with Crippen molar-refractivity contribution in [2.45, 2.75) is 45.3 Å². The highest BCUT2D eigenvalue weighted by Gasteiger charge is 2.27. The fourth-order valence-electron chi connectivity index (χ4n) is 3.01. The van der Waals surface area contributed by atoms with Crippen molar-refractivity contribution in [1.29, 1.82) is 0 Å². The first-order valence-corrected chi connectivity index (χ1v) is 8.37. The Morgan fingerprint density at radius 2 is 2.19 bits per heavy atom. The van der Waals surface area contributed by atoms with Crippen LogP contribution in [-0.4, -0.2) is 44.3 Å². The first-order valence-electron chi connectivity index (χ1n) is 8.37. The number of hydrogen-bond acceptors (Lipinski definition) is 3. The molecule has 0 amide bonds. The van der Waals surface area contributed by atoms with Crippen LogP contribution < -0.4 is 5.32 Å². The van der Waals surface area contributed by atoms with E-state index in [1.54, 1.807) is 0 Å². The second-order valence-corrected chi connectivity index (χ2v) is 6.10. The van der Waals surface area contributed by atoms with Crippen LogP contribution in [0, 0.1) is 0 Å². The van der Waals surface area contributed by atoms with Gasteiger partial charge in [0.15, 0.2) is 0 Å². The summed E-state index contributed by atoms with van der Waals surface area (Å²) in [5.74, 6) is 0. The first-order chi connectivity index (χ1) is 10.2. The molecule has 3 heteroatoms. The van der Waals surface area contributed by atoms with Gasteiger partial charge in [-0.15, -0.1) is 0 Å². The molecule has 1 N–H and O–H groups in total. The SMILES string of the molecule is CCCNC(c1cccc(CCC)c1)C1CN(C)CCO1. The lowest BCUT2D eigenvalue weighted by molar-refractivity contribution is -0.0392. The van der Waals surface area contributed by atoms with E-state index in [4.69, 9.17) is 4.74 Å². The monoisotopic (exact) mass is 290 g/mol. The quantitative estimate of drug-likeness (QED) is 0.835. The van der Waals surface area contributed by atoms with Crippen LogP contribution in [0.4, 0.5) is 0 Å². The summed E-state index contributed by atoms with van der Waals surface area (Å²) >= 11 is 0. The Morgan fingerprint density at radius 1 is 1.33 bits per heavy atom. The molecule has 21 heavy (non-hydrogen) atoms. The van der Waals surface area contributed by atoms with Gasteiger partial charge in [0, 0.05) is 13.1 Å². The van der Waals surface area contributed by atoms with Crippen molar-refractivity contribution >= 4 is 0 Å². The molecule has 0 radical (unpaired) electrons. The average molecular weight is 290 g/mol. The molecule has 1 aromatic rings. The third-order valence-electron chi connectivity index (χ3n) is 4.13. The maximum atomic E-state index is 6.06. The van der Waals surface area contributed by atoms with Crippen LogP contribution in [0.25, 0.3) is 0 Å². The third kappa shape index (κ3) is 4.80. The third-order valence-corrected chi connectivity index (χ3v) is 4.13. The molecule has 0 aromatic heterocycles. The fraction of sp³-hybridized carbons (Fsp3) is 0.667. The van der Waals surface area contributed by atoms with Crippen molar-refractivity contribution in [2.24, 2.45) is 0 Å². The maximum Gasteiger partial charge on any atom is 0.0896 e. The van der Waals surface area contributed by atoms with Gasteiger partial charge in [-0.05, 0) is 37.6 Å². The van der Waals surface area contributed by atoms with Gasteiger partial charge in [0.2, 0.25) is 0 Å². The van der Waals surface area contributed by atoms with Crippen LogP contribution in [0.3, 0.4) is 0 Å². The summed E-state index contributed by atoms with van der Waals surface area (Å²) in [4.78, 5) is 2.37. The number of rotatable bonds is 7. The smallest absolute Gasteiger partial charge is 0.0896 e. The van der Waals surface area contributed by atoms with Crippen LogP contribution in [0.1, 0.15) is 43.9 Å². The molecule has 2 rings (SSSR count). The lowest BCUT2D eigenvalue weighted by Crippen LogP contribution is -2.46. The van der Waals surface area contributed by atoms with Crippen LogP contribution in [-0.2, 0) is 11.2 Å². The Kier molecular flexibility index (Phi) is 6.68. The Balaban J connectivity index is 2.15. The fourth-order valence-corrected chi connectivity index (χ4v) is 3.01. The molecule has 2 atom stereocenters. The highest BCUT2D eigenvalue weighted by Crippen LogP contribution is 2.23. The van der Waals surface area contributed by atoms with E-state index in [1.807, 2.05) is 0 Å². The minimum absolute atomic E-state index is 0.243. The van der Waals surface area contributed by atoms with Crippen molar-refractivity contribution in [1.82, 2.24) is 10.2 Å². The predicted molar refractivity (Wildman–Crippen MR) is 88.7 cm³/mol. The van der Waals surface area contributed by atoms with Crippen LogP contribution in [0.5, 0.6) is 0 Å². The minimum atomic E-state index is 0.243. The van der Waals surface area contributed by atoms with Gasteiger partial charge in [0.25, 0.3) is 0 Å². The molecule has 0 aliphatic carbocycles. The molecule has 1 fully saturated rings. The zero-order chi connectivity index (χ0) is 15.1. The standard InChI is InChI=1S/C18H30N2O/c1-4-7-15-8-6-9-16(13-15)18(19-10-5-2)17-14-20(3)11-12-21-17/h6,8-9,13,17-19H,4-5,7,10-12,14H2,1-3H3. The second kappa shape index (κ2) is 8.52. The van der Waals surface area contributed by atoms with Crippen molar-refractivity contribution in [3.05, 3.63) is 35.4 Å². The van der Waals surface area contributed by atoms with Crippen LogP contribution >= 0.6 is 0 Å². The largest absolute Gasteiger partial charge is 0.374 e. The molecule has 3 nitrogen and oxygen atoms in total. The van der Waals surface area contributed by atoms with Gasteiger partial charge < -0.3 is 15.0 Å². The van der Waals surface area contributed by atoms with E-state index in [0.29, 0.717) is 6.04 Å². The van der Waals surface area contributed by atoms with Gasteiger partial charge in [0.1, 0.15) is 0 Å². The number of benzene rings is 1. The molecule has 0 spiro atoms. The van der Waals surface area contributed by atoms with Crippen LogP contribution in [0.2, 0.25) is 0 Å². The van der Waals surface area contributed by atoms with Gasteiger partial charge >= 0.3 is 0 Å². The number of nitrogens with zero attached hydrogens (tertiary/aromatic N) is 1. The Hall–Kier alpha value is -0.900. The molecular weight excluding hydrogens is 260 g/mol. The Labute approximate surface area is 129 Å². The summed E-state index contributed by atoms with van der Waals surface area (Å²) in [5, 5.41) is 3.69. The lowest BCUT2D eigenvalue weighted by Gasteiger charge is -2.36. The zero-order valence-corrected chi connectivity index (χ0v) is 13.8. The molecule has 1 aliphatic heterocycles. The van der Waals surface area contributed by atoms with Gasteiger partial charge in [-0.2, -0.15) is 0 Å². The van der Waals surface area contributed by atoms with Gasteiger partial charge in [0.05, 0.1) is 18.8 Å². The number of ether oxygens (including phenoxy) is 1. The molecule has 0 bridgehead atoms. The van der Waals surface area contributed by atoms with Crippen molar-refractivity contribution in [3.8, 4) is 0 Å². The van der Waals surface area contributed by atoms with E-state index in [2.05, 4.69) is 55.4 Å². The Morgan fingerprint density at radius 3 is 2.90 bits per heavy atom. The molecule has 118 valence electrons. The maximum absolute atomic E-state index is 6.06. The van der Waals surface area contributed by atoms with E-state index in [9.17, 15) is 0 Å². The van der Waals surface area contributed by atoms with Crippen LogP contribution in [0.15, 0.2) is 24.3 Å². The summed E-state index contributed by atoms with van der Waals surface area (Å²) in [6.07, 6.45) is 3.74. The molecule has 1 aliphatic rings. The first kappa shape index (κ1) is 16.5. The number of nitrogens with one attached hydrogen (secondary N) is 1. The molecular formula is C18H30N2O. The van der Waals surface area contributed by atoms with Crippen molar-refractivity contribution < 1.29 is 4.74 Å². The van der Waals surface area contributed by atoms with E-state index < -0.39 is 0 Å². The van der Waals surface area contributed by atoms with Crippen molar-refractivity contribution in [3.63, 3.8) is 0 Å². The molecule has 1 saturated heterocycles. The summed E-state index contributed by atoms with van der Waals surface area (Å²) in [7, 11) is 2.18.